The fraction of sp³-hybridized carbons (Fsp3) is 0.381. The average molecular weight is 451 g/mol. The summed E-state index contributed by atoms with van der Waals surface area (Å²) in [6.07, 6.45) is 0.527. The maximum atomic E-state index is 13.0. The summed E-state index contributed by atoms with van der Waals surface area (Å²) in [5.74, 6) is -0.150. The lowest BCUT2D eigenvalue weighted by molar-refractivity contribution is 0.0764. The number of hydrogen-bond acceptors (Lipinski definition) is 5. The number of nitrogens with zero attached hydrogens (tertiary/aromatic N) is 2. The normalized spacial score (nSPS) is 16.3. The Morgan fingerprint density at radius 2 is 1.57 bits per heavy atom. The summed E-state index contributed by atoms with van der Waals surface area (Å²) < 4.78 is 51.3. The zero-order valence-corrected chi connectivity index (χ0v) is 18.7. The van der Waals surface area contributed by atoms with Crippen molar-refractivity contribution in [2.45, 2.75) is 30.1 Å². The van der Waals surface area contributed by atoms with Crippen molar-refractivity contribution in [1.82, 2.24) is 9.21 Å². The number of aryl methyl sites for hydroxylation is 1. The second kappa shape index (κ2) is 8.87. The van der Waals surface area contributed by atoms with Crippen molar-refractivity contribution in [3.05, 3.63) is 59.7 Å². The van der Waals surface area contributed by atoms with Gasteiger partial charge in [0, 0.05) is 31.7 Å². The Bertz CT molecular complexity index is 1130. The molecule has 0 radical (unpaired) electrons. The van der Waals surface area contributed by atoms with Gasteiger partial charge in [-0.05, 0) is 49.7 Å². The van der Waals surface area contributed by atoms with Gasteiger partial charge in [0.05, 0.1) is 15.5 Å². The first kappa shape index (κ1) is 22.5. The fourth-order valence-electron chi connectivity index (χ4n) is 3.43. The zero-order chi connectivity index (χ0) is 21.9. The number of carbonyl (C=O) groups is 1. The summed E-state index contributed by atoms with van der Waals surface area (Å²) in [5.41, 5.74) is 1.59. The van der Waals surface area contributed by atoms with Gasteiger partial charge in [0.25, 0.3) is 5.91 Å². The predicted molar refractivity (Wildman–Crippen MR) is 115 cm³/mol. The SMILES string of the molecule is CCS(=O)(=O)c1ccc(S(=O)(=O)N2CCCN(C(=O)c3cccc(C)c3)CC2)cc1. The molecule has 1 fully saturated rings. The van der Waals surface area contributed by atoms with Crippen molar-refractivity contribution in [1.29, 1.82) is 0 Å². The Kier molecular flexibility index (Phi) is 6.64. The van der Waals surface area contributed by atoms with Crippen LogP contribution in [0.5, 0.6) is 0 Å². The molecule has 1 heterocycles. The van der Waals surface area contributed by atoms with Crippen LogP contribution in [0.25, 0.3) is 0 Å². The molecule has 30 heavy (non-hydrogen) atoms. The molecule has 2 aromatic carbocycles. The first-order valence-corrected chi connectivity index (χ1v) is 12.9. The molecule has 2 aromatic rings. The first-order valence-electron chi connectivity index (χ1n) is 9.84. The van der Waals surface area contributed by atoms with Crippen LogP contribution in [0.1, 0.15) is 29.3 Å². The molecule has 0 aromatic heterocycles. The van der Waals surface area contributed by atoms with E-state index >= 15 is 0 Å². The largest absolute Gasteiger partial charge is 0.337 e. The summed E-state index contributed by atoms with van der Waals surface area (Å²) in [6, 6.07) is 12.7. The fourth-order valence-corrected chi connectivity index (χ4v) is 5.79. The monoisotopic (exact) mass is 450 g/mol. The highest BCUT2D eigenvalue weighted by Gasteiger charge is 2.29. The van der Waals surface area contributed by atoms with Crippen molar-refractivity contribution in [2.75, 3.05) is 31.9 Å². The average Bonchev–Trinajstić information content (AvgIpc) is 3.00. The molecule has 7 nitrogen and oxygen atoms in total. The molecule has 1 aliphatic heterocycles. The van der Waals surface area contributed by atoms with Crippen LogP contribution < -0.4 is 0 Å². The quantitative estimate of drug-likeness (QED) is 0.697. The number of hydrogen-bond donors (Lipinski definition) is 0. The molecule has 0 atom stereocenters. The molecule has 9 heteroatoms. The maximum absolute atomic E-state index is 13.0. The molecule has 0 unspecified atom stereocenters. The summed E-state index contributed by atoms with van der Waals surface area (Å²) in [5, 5.41) is 0. The Morgan fingerprint density at radius 3 is 2.20 bits per heavy atom. The van der Waals surface area contributed by atoms with Gasteiger partial charge in [-0.2, -0.15) is 4.31 Å². The molecular weight excluding hydrogens is 424 g/mol. The Labute approximate surface area is 178 Å². The van der Waals surface area contributed by atoms with Gasteiger partial charge in [0.1, 0.15) is 0 Å². The van der Waals surface area contributed by atoms with Gasteiger partial charge in [-0.15, -0.1) is 0 Å². The minimum atomic E-state index is -3.77. The molecule has 1 aliphatic rings. The van der Waals surface area contributed by atoms with Crippen LogP contribution in [0.2, 0.25) is 0 Å². The molecule has 0 aliphatic carbocycles. The number of sulfonamides is 1. The van der Waals surface area contributed by atoms with Gasteiger partial charge in [-0.3, -0.25) is 4.79 Å². The lowest BCUT2D eigenvalue weighted by Gasteiger charge is -2.22. The highest BCUT2D eigenvalue weighted by molar-refractivity contribution is 7.91. The van der Waals surface area contributed by atoms with E-state index in [0.717, 1.165) is 5.56 Å². The lowest BCUT2D eigenvalue weighted by Crippen LogP contribution is -2.37. The van der Waals surface area contributed by atoms with Crippen LogP contribution in [0.15, 0.2) is 58.3 Å². The van der Waals surface area contributed by atoms with Crippen LogP contribution in [0, 0.1) is 6.92 Å². The maximum Gasteiger partial charge on any atom is 0.253 e. The van der Waals surface area contributed by atoms with E-state index in [0.29, 0.717) is 31.6 Å². The molecule has 1 amide bonds. The van der Waals surface area contributed by atoms with E-state index in [-0.39, 0.29) is 28.0 Å². The predicted octanol–water partition coefficient (Wildman–Crippen LogP) is 2.33. The van der Waals surface area contributed by atoms with Crippen molar-refractivity contribution >= 4 is 25.8 Å². The number of rotatable bonds is 5. The highest BCUT2D eigenvalue weighted by atomic mass is 32.2. The Hall–Kier alpha value is -2.23. The van der Waals surface area contributed by atoms with E-state index in [1.807, 2.05) is 25.1 Å². The topological polar surface area (TPSA) is 91.8 Å². The number of amides is 1. The van der Waals surface area contributed by atoms with E-state index in [4.69, 9.17) is 0 Å². The highest BCUT2D eigenvalue weighted by Crippen LogP contribution is 2.21. The van der Waals surface area contributed by atoms with Gasteiger partial charge in [-0.1, -0.05) is 24.6 Å². The molecule has 0 saturated carbocycles. The number of benzene rings is 2. The molecule has 0 spiro atoms. The third-order valence-electron chi connectivity index (χ3n) is 5.21. The van der Waals surface area contributed by atoms with Crippen molar-refractivity contribution in [3.8, 4) is 0 Å². The van der Waals surface area contributed by atoms with Crippen LogP contribution in [0.3, 0.4) is 0 Å². The molecule has 0 N–H and O–H groups in total. The smallest absolute Gasteiger partial charge is 0.253 e. The van der Waals surface area contributed by atoms with Crippen molar-refractivity contribution in [3.63, 3.8) is 0 Å². The van der Waals surface area contributed by atoms with E-state index in [2.05, 4.69) is 0 Å². The first-order chi connectivity index (χ1) is 14.1. The van der Waals surface area contributed by atoms with E-state index in [1.165, 1.54) is 28.6 Å². The number of sulfone groups is 1. The minimum absolute atomic E-state index is 0.0456. The molecular formula is C21H26N2O5S2. The molecule has 0 bridgehead atoms. The summed E-state index contributed by atoms with van der Waals surface area (Å²) >= 11 is 0. The van der Waals surface area contributed by atoms with Crippen LogP contribution in [-0.4, -0.2) is 63.9 Å². The van der Waals surface area contributed by atoms with Gasteiger partial charge >= 0.3 is 0 Å². The van der Waals surface area contributed by atoms with Gasteiger partial charge in [0.15, 0.2) is 9.84 Å². The summed E-state index contributed by atoms with van der Waals surface area (Å²) in [4.78, 5) is 14.6. The van der Waals surface area contributed by atoms with E-state index in [9.17, 15) is 21.6 Å². The van der Waals surface area contributed by atoms with Crippen LogP contribution in [0.4, 0.5) is 0 Å². The molecule has 3 rings (SSSR count). The minimum Gasteiger partial charge on any atom is -0.337 e. The second-order valence-electron chi connectivity index (χ2n) is 7.29. The van der Waals surface area contributed by atoms with E-state index < -0.39 is 19.9 Å². The molecule has 162 valence electrons. The van der Waals surface area contributed by atoms with Crippen LogP contribution in [-0.2, 0) is 19.9 Å². The van der Waals surface area contributed by atoms with Gasteiger partial charge in [-0.25, -0.2) is 16.8 Å². The standard InChI is InChI=1S/C21H26N2O5S2/c1-3-29(25,26)19-8-10-20(11-9-19)30(27,28)23-13-5-12-22(14-15-23)21(24)18-7-4-6-17(2)16-18/h4,6-11,16H,3,5,12-15H2,1-2H3. The van der Waals surface area contributed by atoms with Gasteiger partial charge in [0.2, 0.25) is 10.0 Å². The van der Waals surface area contributed by atoms with Gasteiger partial charge < -0.3 is 4.90 Å². The zero-order valence-electron chi connectivity index (χ0n) is 17.1. The molecule has 1 saturated heterocycles. The van der Waals surface area contributed by atoms with E-state index in [1.54, 1.807) is 17.9 Å². The third-order valence-corrected chi connectivity index (χ3v) is 8.87. The van der Waals surface area contributed by atoms with Crippen LogP contribution >= 0.6 is 0 Å². The Morgan fingerprint density at radius 1 is 0.900 bits per heavy atom. The second-order valence-corrected chi connectivity index (χ2v) is 11.5. The van der Waals surface area contributed by atoms with Crippen molar-refractivity contribution < 1.29 is 21.6 Å². The summed E-state index contributed by atoms with van der Waals surface area (Å²) in [7, 11) is -7.16. The van der Waals surface area contributed by atoms with Crippen molar-refractivity contribution in [2.24, 2.45) is 0 Å². The lowest BCUT2D eigenvalue weighted by atomic mass is 10.1. The Balaban J connectivity index is 1.75. The summed E-state index contributed by atoms with van der Waals surface area (Å²) in [6.45, 7) is 4.73. The number of carbonyl (C=O) groups excluding carboxylic acids is 1. The third kappa shape index (κ3) is 4.74.